The largest absolute Gasteiger partial charge is 0.495 e. The number of rotatable bonds is 6. The number of ether oxygens (including phenoxy) is 1. The average molecular weight is 393 g/mol. The van der Waals surface area contributed by atoms with Crippen molar-refractivity contribution in [3.63, 3.8) is 0 Å². The molecule has 0 saturated heterocycles. The molecule has 0 radical (unpaired) electrons. The number of nitrogens with zero attached hydrogens (tertiary/aromatic N) is 1. The van der Waals surface area contributed by atoms with E-state index in [0.717, 1.165) is 16.8 Å². The number of aromatic amines is 1. The number of H-pyrrole nitrogens is 1. The SMILES string of the molecule is COc1ccc(-c2cc(-c3ccc(S(=O)(=O)CCO)cc3)[nH]n2)cc1Cl. The Morgan fingerprint density at radius 3 is 2.42 bits per heavy atom. The highest BCUT2D eigenvalue weighted by atomic mass is 35.5. The van der Waals surface area contributed by atoms with Crippen LogP contribution in [0.1, 0.15) is 0 Å². The molecule has 0 fully saturated rings. The third-order valence-electron chi connectivity index (χ3n) is 3.91. The van der Waals surface area contributed by atoms with Crippen LogP contribution in [0.25, 0.3) is 22.5 Å². The molecule has 0 aliphatic rings. The van der Waals surface area contributed by atoms with Gasteiger partial charge in [-0.2, -0.15) is 5.10 Å². The molecule has 3 rings (SSSR count). The van der Waals surface area contributed by atoms with Crippen molar-refractivity contribution in [2.45, 2.75) is 4.90 Å². The first-order valence-electron chi connectivity index (χ1n) is 7.78. The zero-order chi connectivity index (χ0) is 18.7. The smallest absolute Gasteiger partial charge is 0.180 e. The van der Waals surface area contributed by atoms with Gasteiger partial charge in [-0.15, -0.1) is 0 Å². The first kappa shape index (κ1) is 18.4. The minimum Gasteiger partial charge on any atom is -0.495 e. The van der Waals surface area contributed by atoms with Crippen LogP contribution < -0.4 is 4.74 Å². The number of aromatic nitrogens is 2. The lowest BCUT2D eigenvalue weighted by Crippen LogP contribution is -2.09. The highest BCUT2D eigenvalue weighted by Gasteiger charge is 2.14. The first-order valence-corrected chi connectivity index (χ1v) is 9.81. The molecule has 0 amide bonds. The maximum Gasteiger partial charge on any atom is 0.180 e. The van der Waals surface area contributed by atoms with Gasteiger partial charge in [0.2, 0.25) is 0 Å². The second kappa shape index (κ2) is 7.49. The van der Waals surface area contributed by atoms with Crippen LogP contribution in [0.2, 0.25) is 5.02 Å². The van der Waals surface area contributed by atoms with Crippen molar-refractivity contribution in [3.05, 3.63) is 53.6 Å². The van der Waals surface area contributed by atoms with Crippen molar-refractivity contribution in [2.75, 3.05) is 19.5 Å². The summed E-state index contributed by atoms with van der Waals surface area (Å²) in [6.07, 6.45) is 0. The molecule has 1 heterocycles. The number of aliphatic hydroxyl groups is 1. The fourth-order valence-corrected chi connectivity index (χ4v) is 3.81. The molecular formula is C18H17ClN2O4S. The highest BCUT2D eigenvalue weighted by molar-refractivity contribution is 7.91. The first-order chi connectivity index (χ1) is 12.4. The van der Waals surface area contributed by atoms with Crippen LogP contribution in [0.4, 0.5) is 0 Å². The van der Waals surface area contributed by atoms with Crippen LogP contribution >= 0.6 is 11.6 Å². The molecule has 0 aliphatic carbocycles. The topological polar surface area (TPSA) is 92.3 Å². The summed E-state index contributed by atoms with van der Waals surface area (Å²) in [6, 6.07) is 13.7. The van der Waals surface area contributed by atoms with E-state index < -0.39 is 16.4 Å². The number of hydrogen-bond donors (Lipinski definition) is 2. The number of nitrogens with one attached hydrogen (secondary N) is 1. The fraction of sp³-hybridized carbons (Fsp3) is 0.167. The summed E-state index contributed by atoms with van der Waals surface area (Å²) in [6.45, 7) is -0.404. The summed E-state index contributed by atoms with van der Waals surface area (Å²) in [5.74, 6) is 0.296. The van der Waals surface area contributed by atoms with Gasteiger partial charge in [0.05, 0.1) is 40.8 Å². The average Bonchev–Trinajstić information content (AvgIpc) is 3.12. The lowest BCUT2D eigenvalue weighted by molar-refractivity contribution is 0.319. The maximum atomic E-state index is 12.0. The predicted molar refractivity (Wildman–Crippen MR) is 100 cm³/mol. The van der Waals surface area contributed by atoms with Crippen LogP contribution in [0.15, 0.2) is 53.4 Å². The summed E-state index contributed by atoms with van der Waals surface area (Å²) >= 11 is 6.15. The van der Waals surface area contributed by atoms with E-state index in [1.54, 1.807) is 31.4 Å². The van der Waals surface area contributed by atoms with E-state index in [-0.39, 0.29) is 10.6 Å². The lowest BCUT2D eigenvalue weighted by Gasteiger charge is -2.04. The van der Waals surface area contributed by atoms with Crippen molar-refractivity contribution in [1.29, 1.82) is 0 Å². The molecule has 0 spiro atoms. The van der Waals surface area contributed by atoms with Gasteiger partial charge in [-0.1, -0.05) is 23.7 Å². The van der Waals surface area contributed by atoms with E-state index in [1.807, 2.05) is 12.1 Å². The van der Waals surface area contributed by atoms with Gasteiger partial charge >= 0.3 is 0 Å². The zero-order valence-corrected chi connectivity index (χ0v) is 15.5. The molecule has 6 nitrogen and oxygen atoms in total. The van der Waals surface area contributed by atoms with Gasteiger partial charge in [0.15, 0.2) is 9.84 Å². The maximum absolute atomic E-state index is 12.0. The van der Waals surface area contributed by atoms with Gasteiger partial charge in [-0.3, -0.25) is 5.10 Å². The van der Waals surface area contributed by atoms with E-state index in [4.69, 9.17) is 21.4 Å². The monoisotopic (exact) mass is 392 g/mol. The van der Waals surface area contributed by atoms with Gasteiger partial charge in [0, 0.05) is 5.56 Å². The Hall–Kier alpha value is -2.35. The summed E-state index contributed by atoms with van der Waals surface area (Å²) in [5, 5.41) is 16.6. The van der Waals surface area contributed by atoms with Gasteiger partial charge < -0.3 is 9.84 Å². The van der Waals surface area contributed by atoms with Crippen molar-refractivity contribution in [1.82, 2.24) is 10.2 Å². The molecule has 8 heteroatoms. The van der Waals surface area contributed by atoms with Crippen LogP contribution in [-0.4, -0.2) is 43.2 Å². The number of sulfone groups is 1. The Bertz CT molecular complexity index is 1010. The number of aliphatic hydroxyl groups excluding tert-OH is 1. The molecule has 0 unspecified atom stereocenters. The Labute approximate surface area is 156 Å². The van der Waals surface area contributed by atoms with E-state index in [9.17, 15) is 8.42 Å². The second-order valence-electron chi connectivity index (χ2n) is 5.58. The molecule has 2 N–H and O–H groups in total. The summed E-state index contributed by atoms with van der Waals surface area (Å²) in [5.41, 5.74) is 3.09. The highest BCUT2D eigenvalue weighted by Crippen LogP contribution is 2.31. The number of hydrogen-bond acceptors (Lipinski definition) is 5. The molecule has 136 valence electrons. The van der Waals surface area contributed by atoms with Gasteiger partial charge in [-0.05, 0) is 42.0 Å². The molecule has 0 atom stereocenters. The second-order valence-corrected chi connectivity index (χ2v) is 8.10. The molecule has 26 heavy (non-hydrogen) atoms. The van der Waals surface area contributed by atoms with Gasteiger partial charge in [0.25, 0.3) is 0 Å². The zero-order valence-electron chi connectivity index (χ0n) is 13.9. The Kier molecular flexibility index (Phi) is 5.31. The third kappa shape index (κ3) is 3.75. The van der Waals surface area contributed by atoms with E-state index in [0.29, 0.717) is 16.5 Å². The van der Waals surface area contributed by atoms with Gasteiger partial charge in [0.1, 0.15) is 5.75 Å². The molecule has 3 aromatic rings. The minimum absolute atomic E-state index is 0.178. The van der Waals surface area contributed by atoms with Crippen molar-refractivity contribution >= 4 is 21.4 Å². The quantitative estimate of drug-likeness (QED) is 0.672. The van der Waals surface area contributed by atoms with Crippen LogP contribution in [-0.2, 0) is 9.84 Å². The van der Waals surface area contributed by atoms with Gasteiger partial charge in [-0.25, -0.2) is 8.42 Å². The molecule has 2 aromatic carbocycles. The Morgan fingerprint density at radius 2 is 1.81 bits per heavy atom. The Morgan fingerprint density at radius 1 is 1.12 bits per heavy atom. The predicted octanol–water partition coefficient (Wildman–Crippen LogP) is 3.17. The standard InChI is InChI=1S/C18H17ClN2O4S/c1-25-18-7-4-13(10-15(18)19)17-11-16(20-21-17)12-2-5-14(6-3-12)26(23,24)9-8-22/h2-7,10-11,22H,8-9H2,1H3,(H,20,21). The van der Waals surface area contributed by atoms with Crippen LogP contribution in [0.5, 0.6) is 5.75 Å². The lowest BCUT2D eigenvalue weighted by atomic mass is 10.1. The Balaban J connectivity index is 1.87. The van der Waals surface area contributed by atoms with Crippen LogP contribution in [0.3, 0.4) is 0 Å². The van der Waals surface area contributed by atoms with Crippen molar-refractivity contribution in [3.8, 4) is 28.3 Å². The van der Waals surface area contributed by atoms with Crippen molar-refractivity contribution < 1.29 is 18.3 Å². The summed E-state index contributed by atoms with van der Waals surface area (Å²) in [7, 11) is -1.91. The third-order valence-corrected chi connectivity index (χ3v) is 5.92. The number of methoxy groups -OCH3 is 1. The van der Waals surface area contributed by atoms with Crippen LogP contribution in [0, 0.1) is 0 Å². The normalized spacial score (nSPS) is 11.5. The van der Waals surface area contributed by atoms with E-state index in [2.05, 4.69) is 10.2 Å². The fourth-order valence-electron chi connectivity index (χ4n) is 2.52. The number of halogens is 1. The van der Waals surface area contributed by atoms with E-state index >= 15 is 0 Å². The van der Waals surface area contributed by atoms with Crippen molar-refractivity contribution in [2.24, 2.45) is 0 Å². The molecular weight excluding hydrogens is 376 g/mol. The molecule has 0 saturated carbocycles. The number of benzene rings is 2. The summed E-state index contributed by atoms with van der Waals surface area (Å²) < 4.78 is 29.0. The van der Waals surface area contributed by atoms with E-state index in [1.165, 1.54) is 12.1 Å². The molecule has 0 aliphatic heterocycles. The molecule has 1 aromatic heterocycles. The minimum atomic E-state index is -3.46. The summed E-state index contributed by atoms with van der Waals surface area (Å²) in [4.78, 5) is 0.178. The molecule has 0 bridgehead atoms.